The summed E-state index contributed by atoms with van der Waals surface area (Å²) < 4.78 is 20.2. The van der Waals surface area contributed by atoms with Crippen LogP contribution in [0.2, 0.25) is 0 Å². The molecule has 0 aliphatic carbocycles. The van der Waals surface area contributed by atoms with Crippen molar-refractivity contribution in [2.45, 2.75) is 13.3 Å². The van der Waals surface area contributed by atoms with Gasteiger partial charge in [0.2, 0.25) is 0 Å². The monoisotopic (exact) mass is 323 g/mol. The van der Waals surface area contributed by atoms with Crippen LogP contribution in [0.15, 0.2) is 40.9 Å². The maximum absolute atomic E-state index is 13.5. The summed E-state index contributed by atoms with van der Waals surface area (Å²) in [5.74, 6) is 0.900. The summed E-state index contributed by atoms with van der Waals surface area (Å²) in [5, 5.41) is 0. The third-order valence-corrected chi connectivity index (χ3v) is 3.22. The zero-order valence-corrected chi connectivity index (χ0v) is 12.2. The fourth-order valence-electron chi connectivity index (χ4n) is 1.84. The van der Waals surface area contributed by atoms with Gasteiger partial charge in [-0.3, -0.25) is 0 Å². The van der Waals surface area contributed by atoms with Crippen LogP contribution in [0, 0.1) is 12.7 Å². The van der Waals surface area contributed by atoms with E-state index >= 15 is 0 Å². The summed E-state index contributed by atoms with van der Waals surface area (Å²) >= 11 is 3.40. The van der Waals surface area contributed by atoms with Crippen LogP contribution in [0.4, 0.5) is 4.39 Å². The Labute approximate surface area is 120 Å². The minimum absolute atomic E-state index is 0.310. The van der Waals surface area contributed by atoms with E-state index in [1.54, 1.807) is 0 Å². The summed E-state index contributed by atoms with van der Waals surface area (Å²) in [4.78, 5) is 0. The molecule has 0 bridgehead atoms. The molecule has 0 aromatic heterocycles. The fraction of sp³-hybridized carbons (Fsp3) is 0.200. The van der Waals surface area contributed by atoms with E-state index in [1.807, 2.05) is 31.2 Å². The van der Waals surface area contributed by atoms with Gasteiger partial charge in [-0.2, -0.15) is 0 Å². The predicted molar refractivity (Wildman–Crippen MR) is 78.1 cm³/mol. The van der Waals surface area contributed by atoms with Gasteiger partial charge in [-0.05, 0) is 61.3 Å². The zero-order chi connectivity index (χ0) is 13.8. The zero-order valence-electron chi connectivity index (χ0n) is 10.6. The minimum atomic E-state index is -0.310. The smallest absolute Gasteiger partial charge is 0.130 e. The summed E-state index contributed by atoms with van der Waals surface area (Å²) in [5.41, 5.74) is 7.31. The van der Waals surface area contributed by atoms with E-state index < -0.39 is 0 Å². The predicted octanol–water partition coefficient (Wildman–Crippen LogP) is 4.19. The van der Waals surface area contributed by atoms with Crippen molar-refractivity contribution in [1.82, 2.24) is 0 Å². The van der Waals surface area contributed by atoms with Crippen molar-refractivity contribution in [3.8, 4) is 11.5 Å². The minimum Gasteiger partial charge on any atom is -0.457 e. The second kappa shape index (κ2) is 6.17. The van der Waals surface area contributed by atoms with Gasteiger partial charge in [0.1, 0.15) is 17.3 Å². The average molecular weight is 324 g/mol. The van der Waals surface area contributed by atoms with Gasteiger partial charge in [0.15, 0.2) is 0 Å². The van der Waals surface area contributed by atoms with Crippen LogP contribution < -0.4 is 10.5 Å². The molecule has 100 valence electrons. The highest BCUT2D eigenvalue weighted by molar-refractivity contribution is 9.10. The molecule has 0 spiro atoms. The van der Waals surface area contributed by atoms with Gasteiger partial charge >= 0.3 is 0 Å². The number of nitrogens with two attached hydrogens (primary N) is 1. The highest BCUT2D eigenvalue weighted by Gasteiger charge is 2.05. The molecule has 2 rings (SSSR count). The second-order valence-corrected chi connectivity index (χ2v) is 5.26. The van der Waals surface area contributed by atoms with Crippen molar-refractivity contribution in [1.29, 1.82) is 0 Å². The Morgan fingerprint density at radius 3 is 2.68 bits per heavy atom. The Bertz CT molecular complexity index is 586. The number of hydrogen-bond donors (Lipinski definition) is 1. The molecular formula is C15H15BrFNO. The van der Waals surface area contributed by atoms with Gasteiger partial charge in [-0.1, -0.05) is 15.9 Å². The number of benzene rings is 2. The lowest BCUT2D eigenvalue weighted by atomic mass is 10.1. The van der Waals surface area contributed by atoms with E-state index in [1.165, 1.54) is 12.1 Å². The van der Waals surface area contributed by atoms with Crippen LogP contribution in [0.25, 0.3) is 0 Å². The quantitative estimate of drug-likeness (QED) is 0.915. The fourth-order valence-corrected chi connectivity index (χ4v) is 2.32. The number of aryl methyl sites for hydroxylation is 1. The summed E-state index contributed by atoms with van der Waals surface area (Å²) in [7, 11) is 0. The number of rotatable bonds is 4. The Morgan fingerprint density at radius 2 is 2.00 bits per heavy atom. The Balaban J connectivity index is 2.27. The molecule has 0 aliphatic heterocycles. The van der Waals surface area contributed by atoms with Crippen LogP contribution in [0.3, 0.4) is 0 Å². The van der Waals surface area contributed by atoms with E-state index in [-0.39, 0.29) is 5.82 Å². The molecule has 19 heavy (non-hydrogen) atoms. The molecule has 4 heteroatoms. The molecule has 0 unspecified atom stereocenters. The lowest BCUT2D eigenvalue weighted by Gasteiger charge is -2.10. The molecule has 0 atom stereocenters. The molecular weight excluding hydrogens is 309 g/mol. The first-order chi connectivity index (χ1) is 9.08. The van der Waals surface area contributed by atoms with Crippen molar-refractivity contribution >= 4 is 15.9 Å². The van der Waals surface area contributed by atoms with E-state index in [4.69, 9.17) is 10.5 Å². The molecule has 0 radical (unpaired) electrons. The van der Waals surface area contributed by atoms with Crippen LogP contribution in [0.1, 0.15) is 11.1 Å². The Kier molecular flexibility index (Phi) is 4.56. The van der Waals surface area contributed by atoms with Crippen molar-refractivity contribution in [2.75, 3.05) is 6.54 Å². The Hall–Kier alpha value is -1.39. The molecule has 0 aliphatic rings. The molecule has 2 nitrogen and oxygen atoms in total. The van der Waals surface area contributed by atoms with Gasteiger partial charge < -0.3 is 10.5 Å². The maximum Gasteiger partial charge on any atom is 0.130 e. The van der Waals surface area contributed by atoms with E-state index in [9.17, 15) is 4.39 Å². The van der Waals surface area contributed by atoms with E-state index in [2.05, 4.69) is 15.9 Å². The first-order valence-corrected chi connectivity index (χ1v) is 6.81. The largest absolute Gasteiger partial charge is 0.457 e. The van der Waals surface area contributed by atoms with E-state index in [0.29, 0.717) is 24.5 Å². The molecule has 0 saturated heterocycles. The highest BCUT2D eigenvalue weighted by Crippen LogP contribution is 2.28. The number of halogens is 2. The van der Waals surface area contributed by atoms with Gasteiger partial charge in [-0.25, -0.2) is 4.39 Å². The van der Waals surface area contributed by atoms with E-state index in [0.717, 1.165) is 15.6 Å². The summed E-state index contributed by atoms with van der Waals surface area (Å²) in [6.07, 6.45) is 0.632. The average Bonchev–Trinajstić information content (AvgIpc) is 2.32. The third kappa shape index (κ3) is 3.78. The normalized spacial score (nSPS) is 10.5. The van der Waals surface area contributed by atoms with Crippen LogP contribution >= 0.6 is 15.9 Å². The third-order valence-electron chi connectivity index (χ3n) is 2.73. The van der Waals surface area contributed by atoms with Crippen LogP contribution in [0.5, 0.6) is 11.5 Å². The van der Waals surface area contributed by atoms with Crippen molar-refractivity contribution in [3.05, 3.63) is 57.8 Å². The topological polar surface area (TPSA) is 35.2 Å². The van der Waals surface area contributed by atoms with Crippen LogP contribution in [-0.2, 0) is 6.42 Å². The molecule has 0 saturated carbocycles. The molecule has 2 aromatic carbocycles. The van der Waals surface area contributed by atoms with Gasteiger partial charge in [0.05, 0.1) is 0 Å². The van der Waals surface area contributed by atoms with Crippen molar-refractivity contribution < 1.29 is 9.13 Å². The first kappa shape index (κ1) is 14.0. The first-order valence-electron chi connectivity index (χ1n) is 6.02. The molecule has 0 amide bonds. The lowest BCUT2D eigenvalue weighted by molar-refractivity contribution is 0.472. The molecule has 0 heterocycles. The van der Waals surface area contributed by atoms with Crippen molar-refractivity contribution in [2.24, 2.45) is 5.73 Å². The lowest BCUT2D eigenvalue weighted by Crippen LogP contribution is -2.03. The summed E-state index contributed by atoms with van der Waals surface area (Å²) in [6, 6.07) is 10.4. The molecule has 2 aromatic rings. The Morgan fingerprint density at radius 1 is 1.21 bits per heavy atom. The second-order valence-electron chi connectivity index (χ2n) is 4.35. The summed E-state index contributed by atoms with van der Waals surface area (Å²) in [6.45, 7) is 2.43. The standard InChI is InChI=1S/C15H15BrFNO/c1-10-6-12(16)2-3-15(10)19-14-8-11(4-5-18)7-13(17)9-14/h2-3,6-9H,4-5,18H2,1H3. The number of hydrogen-bond acceptors (Lipinski definition) is 2. The number of ether oxygens (including phenoxy) is 1. The van der Waals surface area contributed by atoms with Gasteiger partial charge in [0.25, 0.3) is 0 Å². The van der Waals surface area contributed by atoms with Crippen molar-refractivity contribution in [3.63, 3.8) is 0 Å². The van der Waals surface area contributed by atoms with Gasteiger partial charge in [-0.15, -0.1) is 0 Å². The molecule has 0 fully saturated rings. The van der Waals surface area contributed by atoms with Gasteiger partial charge in [0, 0.05) is 10.5 Å². The highest BCUT2D eigenvalue weighted by atomic mass is 79.9. The molecule has 2 N–H and O–H groups in total. The maximum atomic E-state index is 13.5. The van der Waals surface area contributed by atoms with Crippen LogP contribution in [-0.4, -0.2) is 6.54 Å². The SMILES string of the molecule is Cc1cc(Br)ccc1Oc1cc(F)cc(CCN)c1.